The lowest BCUT2D eigenvalue weighted by atomic mass is 10.1. The van der Waals surface area contributed by atoms with Gasteiger partial charge in [-0.1, -0.05) is 37.3 Å². The number of pyridine rings is 1. The molecule has 2 N–H and O–H groups in total. The number of aromatic nitrogens is 1. The number of hydrogen-bond donors (Lipinski definition) is 2. The lowest BCUT2D eigenvalue weighted by molar-refractivity contribution is 0.185. The van der Waals surface area contributed by atoms with E-state index in [2.05, 4.69) is 21.9 Å². The van der Waals surface area contributed by atoms with Gasteiger partial charge in [0.1, 0.15) is 6.10 Å². The number of hydrogen-bond acceptors (Lipinski definition) is 5. The summed E-state index contributed by atoms with van der Waals surface area (Å²) in [5.41, 5.74) is 2.07. The molecule has 0 bridgehead atoms. The van der Waals surface area contributed by atoms with E-state index in [0.717, 1.165) is 30.6 Å². The molecule has 0 aliphatic rings. The molecule has 0 aliphatic carbocycles. The quantitative estimate of drug-likeness (QED) is 0.665. The van der Waals surface area contributed by atoms with Gasteiger partial charge in [-0.05, 0) is 30.5 Å². The van der Waals surface area contributed by atoms with Crippen LogP contribution in [0.2, 0.25) is 0 Å². The van der Waals surface area contributed by atoms with Gasteiger partial charge in [-0.25, -0.2) is 18.1 Å². The van der Waals surface area contributed by atoms with Crippen LogP contribution in [0.1, 0.15) is 37.4 Å². The molecule has 0 spiro atoms. The molecule has 0 fully saturated rings. The fraction of sp³-hybridized carbons (Fsp3) is 0.421. The van der Waals surface area contributed by atoms with Gasteiger partial charge in [0.05, 0.1) is 6.26 Å². The van der Waals surface area contributed by atoms with Crippen molar-refractivity contribution in [3.8, 4) is 5.88 Å². The Morgan fingerprint density at radius 3 is 2.46 bits per heavy atom. The van der Waals surface area contributed by atoms with Crippen molar-refractivity contribution < 1.29 is 13.2 Å². The highest BCUT2D eigenvalue weighted by Crippen LogP contribution is 2.14. The lowest BCUT2D eigenvalue weighted by Gasteiger charge is -2.17. The van der Waals surface area contributed by atoms with Gasteiger partial charge in [0.15, 0.2) is 0 Å². The molecule has 2 atom stereocenters. The van der Waals surface area contributed by atoms with Crippen LogP contribution in [0.15, 0.2) is 48.7 Å². The van der Waals surface area contributed by atoms with E-state index in [4.69, 9.17) is 4.74 Å². The van der Waals surface area contributed by atoms with Crippen LogP contribution >= 0.6 is 0 Å². The van der Waals surface area contributed by atoms with Gasteiger partial charge in [0, 0.05) is 31.4 Å². The monoisotopic (exact) mass is 377 g/mol. The molecular formula is C19H27N3O3S. The van der Waals surface area contributed by atoms with E-state index >= 15 is 0 Å². The minimum absolute atomic E-state index is 0.0585. The highest BCUT2D eigenvalue weighted by Gasteiger charge is 2.11. The summed E-state index contributed by atoms with van der Waals surface area (Å²) in [6.45, 7) is 5.35. The fourth-order valence-corrected chi connectivity index (χ4v) is 3.33. The average molecular weight is 378 g/mol. The van der Waals surface area contributed by atoms with E-state index in [9.17, 15) is 8.42 Å². The van der Waals surface area contributed by atoms with Crippen molar-refractivity contribution in [3.63, 3.8) is 0 Å². The second-order valence-corrected chi connectivity index (χ2v) is 8.08. The summed E-state index contributed by atoms with van der Waals surface area (Å²) in [5, 5.41) is 3.40. The third-order valence-corrected chi connectivity index (χ3v) is 4.73. The Balaban J connectivity index is 1.81. The summed E-state index contributed by atoms with van der Waals surface area (Å²) in [4.78, 5) is 4.19. The molecule has 6 nitrogen and oxygen atoms in total. The predicted molar refractivity (Wildman–Crippen MR) is 103 cm³/mol. The van der Waals surface area contributed by atoms with Gasteiger partial charge in [-0.15, -0.1) is 0 Å². The van der Waals surface area contributed by atoms with Gasteiger partial charge in [0.2, 0.25) is 15.9 Å². The summed E-state index contributed by atoms with van der Waals surface area (Å²) in [6, 6.07) is 13.3. The maximum atomic E-state index is 11.3. The first-order valence-corrected chi connectivity index (χ1v) is 10.6. The van der Waals surface area contributed by atoms with E-state index in [1.807, 2.05) is 49.4 Å². The summed E-state index contributed by atoms with van der Waals surface area (Å²) in [6.07, 6.45) is 3.83. The van der Waals surface area contributed by atoms with Crippen molar-refractivity contribution in [1.29, 1.82) is 0 Å². The smallest absolute Gasteiger partial charge is 0.213 e. The number of sulfonamides is 1. The molecule has 2 rings (SSSR count). The Morgan fingerprint density at radius 1 is 1.15 bits per heavy atom. The van der Waals surface area contributed by atoms with Crippen molar-refractivity contribution in [1.82, 2.24) is 15.0 Å². The molecule has 0 radical (unpaired) electrons. The molecule has 1 aromatic carbocycles. The van der Waals surface area contributed by atoms with Gasteiger partial charge in [0.25, 0.3) is 0 Å². The zero-order valence-electron chi connectivity index (χ0n) is 15.5. The van der Waals surface area contributed by atoms with Gasteiger partial charge >= 0.3 is 0 Å². The topological polar surface area (TPSA) is 80.3 Å². The summed E-state index contributed by atoms with van der Waals surface area (Å²) in [7, 11) is -3.22. The molecule has 2 aromatic rings. The van der Waals surface area contributed by atoms with Crippen LogP contribution in [-0.4, -0.2) is 32.3 Å². The molecule has 142 valence electrons. The van der Waals surface area contributed by atoms with Crippen molar-refractivity contribution in [2.45, 2.75) is 39.0 Å². The predicted octanol–water partition coefficient (Wildman–Crippen LogP) is 2.64. The fourth-order valence-electron chi connectivity index (χ4n) is 2.55. The first kappa shape index (κ1) is 20.4. The van der Waals surface area contributed by atoms with Crippen LogP contribution in [0.5, 0.6) is 5.88 Å². The average Bonchev–Trinajstić information content (AvgIpc) is 2.61. The molecule has 1 aromatic heterocycles. The second kappa shape index (κ2) is 9.66. The zero-order chi connectivity index (χ0) is 19.0. The summed E-state index contributed by atoms with van der Waals surface area (Å²) >= 11 is 0. The first-order chi connectivity index (χ1) is 12.4. The van der Waals surface area contributed by atoms with E-state index in [-0.39, 0.29) is 12.1 Å². The SMILES string of the molecule is CCC(CNCc1ccc([C@@H](C)NS(C)(=O)=O)cc1)Oc1ccccn1. The summed E-state index contributed by atoms with van der Waals surface area (Å²) < 4.78 is 31.1. The van der Waals surface area contributed by atoms with Crippen LogP contribution in [0.3, 0.4) is 0 Å². The third-order valence-electron chi connectivity index (χ3n) is 3.95. The molecule has 26 heavy (non-hydrogen) atoms. The molecule has 7 heteroatoms. The Hall–Kier alpha value is -1.96. The van der Waals surface area contributed by atoms with Crippen molar-refractivity contribution in [3.05, 3.63) is 59.8 Å². The minimum Gasteiger partial charge on any atom is -0.473 e. The Kier molecular flexibility index (Phi) is 7.56. The van der Waals surface area contributed by atoms with Crippen molar-refractivity contribution in [2.24, 2.45) is 0 Å². The standard InChI is InChI=1S/C19H27N3O3S/c1-4-18(25-19-7-5-6-12-21-19)14-20-13-16-8-10-17(11-9-16)15(2)22-26(3,23)24/h5-12,15,18,20,22H,4,13-14H2,1-3H3/t15-,18?/m1/s1. The van der Waals surface area contributed by atoms with Gasteiger partial charge in [-0.3, -0.25) is 0 Å². The molecule has 0 aliphatic heterocycles. The number of nitrogens with one attached hydrogen (secondary N) is 2. The Morgan fingerprint density at radius 2 is 1.88 bits per heavy atom. The van der Waals surface area contributed by atoms with Crippen LogP contribution < -0.4 is 14.8 Å². The van der Waals surface area contributed by atoms with E-state index < -0.39 is 10.0 Å². The maximum absolute atomic E-state index is 11.3. The number of rotatable bonds is 10. The number of ether oxygens (including phenoxy) is 1. The second-order valence-electron chi connectivity index (χ2n) is 6.30. The third kappa shape index (κ3) is 7.11. The van der Waals surface area contributed by atoms with Gasteiger partial charge < -0.3 is 10.1 Å². The molecule has 1 unspecified atom stereocenters. The van der Waals surface area contributed by atoms with E-state index in [1.54, 1.807) is 6.20 Å². The number of benzene rings is 1. The van der Waals surface area contributed by atoms with E-state index in [1.165, 1.54) is 6.26 Å². The molecule has 0 amide bonds. The maximum Gasteiger partial charge on any atom is 0.213 e. The van der Waals surface area contributed by atoms with Crippen LogP contribution in [0.4, 0.5) is 0 Å². The minimum atomic E-state index is -3.22. The first-order valence-electron chi connectivity index (χ1n) is 8.72. The van der Waals surface area contributed by atoms with Crippen molar-refractivity contribution in [2.75, 3.05) is 12.8 Å². The van der Waals surface area contributed by atoms with Crippen molar-refractivity contribution >= 4 is 10.0 Å². The van der Waals surface area contributed by atoms with Crippen LogP contribution in [0, 0.1) is 0 Å². The van der Waals surface area contributed by atoms with Crippen LogP contribution in [0.25, 0.3) is 0 Å². The molecular weight excluding hydrogens is 350 g/mol. The van der Waals surface area contributed by atoms with Crippen LogP contribution in [-0.2, 0) is 16.6 Å². The number of nitrogens with zero attached hydrogens (tertiary/aromatic N) is 1. The lowest BCUT2D eigenvalue weighted by Crippen LogP contribution is -2.30. The van der Waals surface area contributed by atoms with E-state index in [0.29, 0.717) is 5.88 Å². The van der Waals surface area contributed by atoms with Gasteiger partial charge in [-0.2, -0.15) is 0 Å². The highest BCUT2D eigenvalue weighted by atomic mass is 32.2. The highest BCUT2D eigenvalue weighted by molar-refractivity contribution is 7.88. The molecule has 0 saturated heterocycles. The normalized spacial score (nSPS) is 14.0. The molecule has 1 heterocycles. The Bertz CT molecular complexity index is 764. The molecule has 0 saturated carbocycles. The summed E-state index contributed by atoms with van der Waals surface area (Å²) in [5.74, 6) is 0.637. The largest absolute Gasteiger partial charge is 0.473 e. The zero-order valence-corrected chi connectivity index (χ0v) is 16.3. The Labute approximate surface area is 156 Å².